The van der Waals surface area contributed by atoms with E-state index in [-0.39, 0.29) is 25.3 Å². The van der Waals surface area contributed by atoms with E-state index in [1.165, 1.54) is 0 Å². The number of aliphatic hydroxyl groups is 1. The zero-order valence-corrected chi connectivity index (χ0v) is 11.7. The van der Waals surface area contributed by atoms with Crippen LogP contribution >= 0.6 is 0 Å². The molecule has 114 valence electrons. The fourth-order valence-electron chi connectivity index (χ4n) is 2.66. The van der Waals surface area contributed by atoms with Crippen molar-refractivity contribution in [1.82, 2.24) is 10.2 Å². The predicted molar refractivity (Wildman–Crippen MR) is 69.0 cm³/mol. The molecule has 2 aliphatic rings. The molecule has 2 fully saturated rings. The second-order valence-corrected chi connectivity index (χ2v) is 7.61. The third kappa shape index (κ3) is 3.04. The maximum absolute atomic E-state index is 11.9. The van der Waals surface area contributed by atoms with Gasteiger partial charge in [-0.15, -0.1) is 0 Å². The van der Waals surface area contributed by atoms with Gasteiger partial charge in [0.25, 0.3) is 0 Å². The molecule has 0 aliphatic carbocycles. The van der Waals surface area contributed by atoms with Gasteiger partial charge in [0, 0.05) is 19.5 Å². The molecule has 2 unspecified atom stereocenters. The lowest BCUT2D eigenvalue weighted by Crippen LogP contribution is -2.48. The Hall–Kier alpha value is -1.35. The van der Waals surface area contributed by atoms with E-state index >= 15 is 0 Å². The summed E-state index contributed by atoms with van der Waals surface area (Å²) < 4.78 is 23.2. The molecular weight excluding hydrogens is 288 g/mol. The molecule has 0 aromatic heterocycles. The van der Waals surface area contributed by atoms with Crippen LogP contribution in [0.1, 0.15) is 19.3 Å². The molecule has 0 saturated carbocycles. The minimum absolute atomic E-state index is 0.00944. The molecule has 9 heteroatoms. The van der Waals surface area contributed by atoms with Gasteiger partial charge in [0.1, 0.15) is 6.04 Å². The summed E-state index contributed by atoms with van der Waals surface area (Å²) in [5.41, 5.74) is 0. The number of amides is 2. The molecule has 0 spiro atoms. The van der Waals surface area contributed by atoms with Crippen LogP contribution in [-0.2, 0) is 14.6 Å². The van der Waals surface area contributed by atoms with E-state index in [1.807, 2.05) is 0 Å². The SMILES string of the molecule is O=C(O)[C@@H]1CC(O)CN1C(=O)NCC1CCCS1(=O)=O. The van der Waals surface area contributed by atoms with E-state index in [2.05, 4.69) is 5.32 Å². The zero-order valence-electron chi connectivity index (χ0n) is 10.9. The summed E-state index contributed by atoms with van der Waals surface area (Å²) in [4.78, 5) is 24.0. The monoisotopic (exact) mass is 306 g/mol. The number of sulfone groups is 1. The van der Waals surface area contributed by atoms with Gasteiger partial charge in [-0.05, 0) is 12.8 Å². The molecule has 0 bridgehead atoms. The zero-order chi connectivity index (χ0) is 14.9. The third-order valence-corrected chi connectivity index (χ3v) is 6.04. The van der Waals surface area contributed by atoms with Crippen molar-refractivity contribution in [3.8, 4) is 0 Å². The van der Waals surface area contributed by atoms with E-state index in [0.29, 0.717) is 12.8 Å². The number of hydrogen-bond acceptors (Lipinski definition) is 5. The van der Waals surface area contributed by atoms with Crippen molar-refractivity contribution in [2.75, 3.05) is 18.8 Å². The lowest BCUT2D eigenvalue weighted by Gasteiger charge is -2.22. The summed E-state index contributed by atoms with van der Waals surface area (Å²) in [5, 5.41) is 20.3. The fraction of sp³-hybridized carbons (Fsp3) is 0.818. The number of carboxylic acids is 1. The van der Waals surface area contributed by atoms with Crippen molar-refractivity contribution >= 4 is 21.8 Å². The Morgan fingerprint density at radius 2 is 2.05 bits per heavy atom. The molecule has 2 aliphatic heterocycles. The first-order chi connectivity index (χ1) is 9.31. The van der Waals surface area contributed by atoms with Gasteiger partial charge in [-0.3, -0.25) is 0 Å². The minimum Gasteiger partial charge on any atom is -0.480 e. The highest BCUT2D eigenvalue weighted by atomic mass is 32.2. The summed E-state index contributed by atoms with van der Waals surface area (Å²) in [5.74, 6) is -1.04. The lowest BCUT2D eigenvalue weighted by atomic mass is 10.2. The number of carboxylic acid groups (broad SMARTS) is 1. The first-order valence-corrected chi connectivity index (χ1v) is 8.19. The molecule has 2 rings (SSSR count). The first-order valence-electron chi connectivity index (χ1n) is 6.48. The molecular formula is C11H18N2O6S. The topological polar surface area (TPSA) is 124 Å². The van der Waals surface area contributed by atoms with Crippen LogP contribution in [0.4, 0.5) is 4.79 Å². The number of β-amino-alcohol motifs (C(OH)–C–C–N with tert-alkyl or cyclic N) is 1. The number of carbonyl (C=O) groups is 2. The second kappa shape index (κ2) is 5.57. The van der Waals surface area contributed by atoms with Crippen LogP contribution in [0.2, 0.25) is 0 Å². The summed E-state index contributed by atoms with van der Waals surface area (Å²) in [6, 6.07) is -1.71. The number of aliphatic carboxylic acids is 1. The number of carbonyl (C=O) groups excluding carboxylic acids is 1. The molecule has 2 saturated heterocycles. The van der Waals surface area contributed by atoms with Crippen molar-refractivity contribution in [3.05, 3.63) is 0 Å². The van der Waals surface area contributed by atoms with Crippen molar-refractivity contribution in [1.29, 1.82) is 0 Å². The number of rotatable bonds is 3. The number of urea groups is 1. The van der Waals surface area contributed by atoms with Crippen LogP contribution < -0.4 is 5.32 Å². The number of nitrogens with zero attached hydrogens (tertiary/aromatic N) is 1. The Bertz CT molecular complexity index is 505. The molecule has 0 aromatic carbocycles. The van der Waals surface area contributed by atoms with Crippen LogP contribution in [0.15, 0.2) is 0 Å². The highest BCUT2D eigenvalue weighted by Gasteiger charge is 2.39. The van der Waals surface area contributed by atoms with Crippen molar-refractivity contribution in [2.45, 2.75) is 36.7 Å². The van der Waals surface area contributed by atoms with Gasteiger partial charge in [-0.1, -0.05) is 0 Å². The summed E-state index contributed by atoms with van der Waals surface area (Å²) in [6.07, 6.45) is 0.221. The summed E-state index contributed by atoms with van der Waals surface area (Å²) in [7, 11) is -3.15. The molecule has 0 radical (unpaired) electrons. The van der Waals surface area contributed by atoms with E-state index in [4.69, 9.17) is 5.11 Å². The van der Waals surface area contributed by atoms with Gasteiger partial charge in [-0.25, -0.2) is 18.0 Å². The molecule has 3 N–H and O–H groups in total. The van der Waals surface area contributed by atoms with Crippen molar-refractivity contribution in [3.63, 3.8) is 0 Å². The number of likely N-dealkylation sites (tertiary alicyclic amines) is 1. The van der Waals surface area contributed by atoms with Gasteiger partial charge in [0.2, 0.25) is 0 Å². The summed E-state index contributed by atoms with van der Waals surface area (Å²) in [6.45, 7) is -0.0691. The third-order valence-electron chi connectivity index (χ3n) is 3.77. The van der Waals surface area contributed by atoms with Gasteiger partial charge in [-0.2, -0.15) is 0 Å². The van der Waals surface area contributed by atoms with E-state index in [1.54, 1.807) is 0 Å². The molecule has 2 heterocycles. The van der Waals surface area contributed by atoms with Gasteiger partial charge in [0.05, 0.1) is 17.1 Å². The Morgan fingerprint density at radius 1 is 1.35 bits per heavy atom. The van der Waals surface area contributed by atoms with E-state index < -0.39 is 39.2 Å². The fourth-order valence-corrected chi connectivity index (χ4v) is 4.43. The highest BCUT2D eigenvalue weighted by Crippen LogP contribution is 2.20. The smallest absolute Gasteiger partial charge is 0.326 e. The van der Waals surface area contributed by atoms with Crippen LogP contribution in [0.25, 0.3) is 0 Å². The number of hydrogen-bond donors (Lipinski definition) is 3. The van der Waals surface area contributed by atoms with E-state index in [9.17, 15) is 23.1 Å². The Kier molecular flexibility index (Phi) is 4.19. The van der Waals surface area contributed by atoms with Crippen LogP contribution in [0.5, 0.6) is 0 Å². The maximum Gasteiger partial charge on any atom is 0.326 e. The molecule has 20 heavy (non-hydrogen) atoms. The van der Waals surface area contributed by atoms with Crippen LogP contribution in [-0.4, -0.2) is 71.8 Å². The molecule has 0 aromatic rings. The van der Waals surface area contributed by atoms with E-state index in [0.717, 1.165) is 4.90 Å². The van der Waals surface area contributed by atoms with Gasteiger partial charge >= 0.3 is 12.0 Å². The molecule has 2 amide bonds. The van der Waals surface area contributed by atoms with Gasteiger partial charge in [0.15, 0.2) is 9.84 Å². The Labute approximate surface area is 116 Å². The largest absolute Gasteiger partial charge is 0.480 e. The lowest BCUT2D eigenvalue weighted by molar-refractivity contribution is -0.141. The quantitative estimate of drug-likeness (QED) is 0.601. The summed E-state index contributed by atoms with van der Waals surface area (Å²) >= 11 is 0. The average molecular weight is 306 g/mol. The maximum atomic E-state index is 11.9. The first kappa shape index (κ1) is 15.0. The normalized spacial score (nSPS) is 32.2. The van der Waals surface area contributed by atoms with Crippen molar-refractivity contribution in [2.24, 2.45) is 0 Å². The van der Waals surface area contributed by atoms with Crippen LogP contribution in [0, 0.1) is 0 Å². The molecule has 8 nitrogen and oxygen atoms in total. The molecule has 3 atom stereocenters. The average Bonchev–Trinajstić information content (AvgIpc) is 2.89. The standard InChI is InChI=1S/C11H18N2O6S/c14-7-4-9(10(15)16)13(6-7)11(17)12-5-8-2-1-3-20(8,18)19/h7-9,14H,1-6H2,(H,12,17)(H,15,16)/t7?,8?,9-/m0/s1. The second-order valence-electron chi connectivity index (χ2n) is 5.21. The van der Waals surface area contributed by atoms with Crippen LogP contribution in [0.3, 0.4) is 0 Å². The predicted octanol–water partition coefficient (Wildman–Crippen LogP) is -1.21. The Morgan fingerprint density at radius 3 is 2.60 bits per heavy atom. The minimum atomic E-state index is -3.15. The Balaban J connectivity index is 1.93. The number of aliphatic hydroxyl groups excluding tert-OH is 1. The highest BCUT2D eigenvalue weighted by molar-refractivity contribution is 7.92. The number of nitrogens with one attached hydrogen (secondary N) is 1. The van der Waals surface area contributed by atoms with Gasteiger partial charge < -0.3 is 20.4 Å². The van der Waals surface area contributed by atoms with Crippen molar-refractivity contribution < 1.29 is 28.2 Å².